The predicted octanol–water partition coefficient (Wildman–Crippen LogP) is 3.93. The van der Waals surface area contributed by atoms with Crippen LogP contribution in [0.4, 0.5) is 0 Å². The van der Waals surface area contributed by atoms with E-state index in [1.165, 1.54) is 0 Å². The molecule has 4 rings (SSSR count). The minimum absolute atomic E-state index is 0.198. The number of pyridine rings is 1. The van der Waals surface area contributed by atoms with E-state index in [0.717, 1.165) is 16.1 Å². The Morgan fingerprint density at radius 1 is 1.14 bits per heavy atom. The summed E-state index contributed by atoms with van der Waals surface area (Å²) >= 11 is 1.55. The minimum atomic E-state index is -0.198. The zero-order chi connectivity index (χ0) is 19.3. The number of rotatable bonds is 6. The molecular weight excluding hydrogens is 372 g/mol. The number of ether oxygens (including phenoxy) is 1. The normalized spacial score (nSPS) is 10.6. The van der Waals surface area contributed by atoms with Crippen molar-refractivity contribution in [3.05, 3.63) is 83.5 Å². The van der Waals surface area contributed by atoms with Gasteiger partial charge in [-0.2, -0.15) is 5.10 Å². The lowest BCUT2D eigenvalue weighted by atomic mass is 10.2. The van der Waals surface area contributed by atoms with Gasteiger partial charge in [-0.25, -0.2) is 9.67 Å². The van der Waals surface area contributed by atoms with Crippen LogP contribution in [0.1, 0.15) is 15.9 Å². The number of carbonyl (C=O) groups excluding carboxylic acids is 1. The topological polar surface area (TPSA) is 69.0 Å². The van der Waals surface area contributed by atoms with Crippen molar-refractivity contribution in [3.8, 4) is 22.1 Å². The number of para-hydroxylation sites is 1. The lowest BCUT2D eigenvalue weighted by Gasteiger charge is -2.08. The fraction of sp³-hybridized carbons (Fsp3) is 0.0952. The highest BCUT2D eigenvalue weighted by molar-refractivity contribution is 7.13. The van der Waals surface area contributed by atoms with E-state index in [2.05, 4.69) is 15.4 Å². The molecule has 7 heteroatoms. The number of aromatic nitrogens is 3. The number of hydrogen-bond acceptors (Lipinski definition) is 5. The van der Waals surface area contributed by atoms with Gasteiger partial charge in [0.2, 0.25) is 5.88 Å². The van der Waals surface area contributed by atoms with Gasteiger partial charge >= 0.3 is 0 Å². The molecule has 0 aliphatic heterocycles. The van der Waals surface area contributed by atoms with Gasteiger partial charge in [-0.3, -0.25) is 4.79 Å². The fourth-order valence-corrected chi connectivity index (χ4v) is 3.58. The van der Waals surface area contributed by atoms with E-state index in [4.69, 9.17) is 4.74 Å². The molecule has 1 N–H and O–H groups in total. The number of amides is 1. The number of nitrogens with one attached hydrogen (secondary N) is 1. The third-order valence-corrected chi connectivity index (χ3v) is 5.09. The van der Waals surface area contributed by atoms with Crippen LogP contribution < -0.4 is 10.1 Å². The van der Waals surface area contributed by atoms with E-state index in [-0.39, 0.29) is 5.91 Å². The quantitative estimate of drug-likeness (QED) is 0.542. The summed E-state index contributed by atoms with van der Waals surface area (Å²) in [5, 5.41) is 9.58. The smallest absolute Gasteiger partial charge is 0.255 e. The Morgan fingerprint density at radius 3 is 2.75 bits per heavy atom. The van der Waals surface area contributed by atoms with Crippen molar-refractivity contribution in [3.63, 3.8) is 0 Å². The van der Waals surface area contributed by atoms with Crippen molar-refractivity contribution in [2.24, 2.45) is 0 Å². The van der Waals surface area contributed by atoms with Crippen molar-refractivity contribution in [2.45, 2.75) is 6.54 Å². The van der Waals surface area contributed by atoms with Gasteiger partial charge in [0.1, 0.15) is 5.69 Å². The Hall–Kier alpha value is -3.45. The summed E-state index contributed by atoms with van der Waals surface area (Å²) in [5.74, 6) is 0.303. The number of carbonyl (C=O) groups is 1. The van der Waals surface area contributed by atoms with Gasteiger partial charge in [-0.05, 0) is 29.6 Å². The Balaban J connectivity index is 1.64. The molecule has 0 aliphatic rings. The lowest BCUT2D eigenvalue weighted by Crippen LogP contribution is -2.23. The zero-order valence-corrected chi connectivity index (χ0v) is 16.0. The number of benzene rings is 1. The molecule has 3 aromatic heterocycles. The van der Waals surface area contributed by atoms with Gasteiger partial charge in [-0.1, -0.05) is 30.3 Å². The first-order valence-electron chi connectivity index (χ1n) is 8.71. The number of methoxy groups -OCH3 is 1. The first kappa shape index (κ1) is 17.9. The van der Waals surface area contributed by atoms with E-state index in [1.807, 2.05) is 60.0 Å². The van der Waals surface area contributed by atoms with Gasteiger partial charge in [-0.15, -0.1) is 11.3 Å². The molecule has 0 atom stereocenters. The van der Waals surface area contributed by atoms with E-state index in [0.29, 0.717) is 23.7 Å². The van der Waals surface area contributed by atoms with Gasteiger partial charge in [0.15, 0.2) is 0 Å². The molecular formula is C21H18N4O2S. The molecule has 0 aliphatic carbocycles. The molecule has 0 radical (unpaired) electrons. The van der Waals surface area contributed by atoms with Crippen molar-refractivity contribution in [1.82, 2.24) is 20.1 Å². The highest BCUT2D eigenvalue weighted by Gasteiger charge is 2.19. The van der Waals surface area contributed by atoms with Gasteiger partial charge in [0.25, 0.3) is 5.91 Å². The summed E-state index contributed by atoms with van der Waals surface area (Å²) < 4.78 is 6.98. The Morgan fingerprint density at radius 2 is 2.00 bits per heavy atom. The summed E-state index contributed by atoms with van der Waals surface area (Å²) in [4.78, 5) is 18.1. The first-order valence-corrected chi connectivity index (χ1v) is 9.59. The fourth-order valence-electron chi connectivity index (χ4n) is 2.86. The van der Waals surface area contributed by atoms with Crippen molar-refractivity contribution in [1.29, 1.82) is 0 Å². The van der Waals surface area contributed by atoms with E-state index < -0.39 is 0 Å². The molecule has 1 amide bonds. The monoisotopic (exact) mass is 390 g/mol. The van der Waals surface area contributed by atoms with Crippen LogP contribution in [0.5, 0.6) is 5.88 Å². The van der Waals surface area contributed by atoms with Crippen LogP contribution in [0.2, 0.25) is 0 Å². The van der Waals surface area contributed by atoms with Crippen LogP contribution >= 0.6 is 11.3 Å². The third kappa shape index (κ3) is 3.65. The average Bonchev–Trinajstić information content (AvgIpc) is 3.42. The lowest BCUT2D eigenvalue weighted by molar-refractivity contribution is 0.0951. The van der Waals surface area contributed by atoms with Crippen LogP contribution in [0, 0.1) is 0 Å². The van der Waals surface area contributed by atoms with E-state index >= 15 is 0 Å². The Kier molecular flexibility index (Phi) is 5.16. The summed E-state index contributed by atoms with van der Waals surface area (Å²) in [7, 11) is 1.56. The highest BCUT2D eigenvalue weighted by atomic mass is 32.1. The largest absolute Gasteiger partial charge is 0.481 e. The molecule has 28 heavy (non-hydrogen) atoms. The average molecular weight is 390 g/mol. The molecule has 4 aromatic rings. The standard InChI is InChI=1S/C21H18N4O2S/c1-27-21-15(7-5-11-22-21)13-23-20(26)17-14-25(16-8-3-2-4-9-16)24-19(17)18-10-6-12-28-18/h2-12,14H,13H2,1H3,(H,23,26). The molecule has 1 aromatic carbocycles. The second-order valence-electron chi connectivity index (χ2n) is 6.00. The molecule has 0 fully saturated rings. The van der Waals surface area contributed by atoms with Crippen LogP contribution in [-0.4, -0.2) is 27.8 Å². The van der Waals surface area contributed by atoms with E-state index in [1.54, 1.807) is 35.5 Å². The number of thiophene rings is 1. The molecule has 0 unspecified atom stereocenters. The predicted molar refractivity (Wildman–Crippen MR) is 109 cm³/mol. The molecule has 0 saturated carbocycles. The SMILES string of the molecule is COc1ncccc1CNC(=O)c1cn(-c2ccccc2)nc1-c1cccs1. The summed E-state index contributed by atoms with van der Waals surface area (Å²) in [6.45, 7) is 0.316. The third-order valence-electron chi connectivity index (χ3n) is 4.22. The van der Waals surface area contributed by atoms with Crippen molar-refractivity contribution in [2.75, 3.05) is 7.11 Å². The number of hydrogen-bond donors (Lipinski definition) is 1. The second-order valence-corrected chi connectivity index (χ2v) is 6.95. The van der Waals surface area contributed by atoms with Crippen LogP contribution in [0.25, 0.3) is 16.3 Å². The van der Waals surface area contributed by atoms with Gasteiger partial charge in [0.05, 0.1) is 23.2 Å². The number of nitrogens with zero attached hydrogens (tertiary/aromatic N) is 3. The first-order chi connectivity index (χ1) is 13.8. The van der Waals surface area contributed by atoms with Crippen molar-refractivity contribution >= 4 is 17.2 Å². The molecule has 6 nitrogen and oxygen atoms in total. The van der Waals surface area contributed by atoms with Gasteiger partial charge < -0.3 is 10.1 Å². The maximum absolute atomic E-state index is 13.0. The zero-order valence-electron chi connectivity index (χ0n) is 15.2. The molecule has 0 bridgehead atoms. The maximum atomic E-state index is 13.0. The Bertz CT molecular complexity index is 1080. The molecule has 0 spiro atoms. The molecule has 3 heterocycles. The summed E-state index contributed by atoms with van der Waals surface area (Å²) in [6, 6.07) is 17.3. The Labute approximate surface area is 166 Å². The minimum Gasteiger partial charge on any atom is -0.481 e. The van der Waals surface area contributed by atoms with Crippen LogP contribution in [0.15, 0.2) is 72.4 Å². The van der Waals surface area contributed by atoms with Crippen LogP contribution in [-0.2, 0) is 6.54 Å². The van der Waals surface area contributed by atoms with Crippen molar-refractivity contribution < 1.29 is 9.53 Å². The van der Waals surface area contributed by atoms with E-state index in [9.17, 15) is 4.79 Å². The summed E-state index contributed by atoms with van der Waals surface area (Å²) in [6.07, 6.45) is 3.42. The highest BCUT2D eigenvalue weighted by Crippen LogP contribution is 2.28. The second kappa shape index (κ2) is 8.06. The molecule has 140 valence electrons. The summed E-state index contributed by atoms with van der Waals surface area (Å²) in [5.41, 5.74) is 2.89. The van der Waals surface area contributed by atoms with Gasteiger partial charge in [0, 0.05) is 24.5 Å². The molecule has 0 saturated heterocycles. The maximum Gasteiger partial charge on any atom is 0.255 e. The van der Waals surface area contributed by atoms with Crippen LogP contribution in [0.3, 0.4) is 0 Å².